The Bertz CT molecular complexity index is 905. The predicted molar refractivity (Wildman–Crippen MR) is 99.8 cm³/mol. The highest BCUT2D eigenvalue weighted by atomic mass is 32.2. The first-order valence-corrected chi connectivity index (χ1v) is 9.68. The third kappa shape index (κ3) is 4.96. The molecule has 0 fully saturated rings. The molecule has 0 aromatic heterocycles. The third-order valence-electron chi connectivity index (χ3n) is 3.73. The van der Waals surface area contributed by atoms with Gasteiger partial charge in [0.25, 0.3) is 5.91 Å². The summed E-state index contributed by atoms with van der Waals surface area (Å²) in [5.41, 5.74) is 2.62. The zero-order chi connectivity index (χ0) is 18.8. The van der Waals surface area contributed by atoms with Gasteiger partial charge in [0.05, 0.1) is 17.6 Å². The van der Waals surface area contributed by atoms with Crippen LogP contribution in [-0.2, 0) is 10.0 Å². The monoisotopic (exact) mass is 362 g/mol. The zero-order valence-electron chi connectivity index (χ0n) is 14.6. The lowest BCUT2D eigenvalue weighted by Gasteiger charge is -2.13. The molecular weight excluding hydrogens is 340 g/mol. The predicted octanol–water partition coefficient (Wildman–Crippen LogP) is 3.45. The van der Waals surface area contributed by atoms with E-state index in [0.717, 1.165) is 11.8 Å². The molecule has 1 amide bonds. The Kier molecular flexibility index (Phi) is 5.37. The summed E-state index contributed by atoms with van der Waals surface area (Å²) in [6.45, 7) is 5.77. The number of carbonyl (C=O) groups excluding carboxylic acids is 1. The molecular formula is C18H22N2O4S. The number of aryl methyl sites for hydroxylation is 1. The molecule has 2 aromatic carbocycles. The average molecular weight is 362 g/mol. The molecule has 0 unspecified atom stereocenters. The van der Waals surface area contributed by atoms with E-state index in [1.807, 2.05) is 13.8 Å². The van der Waals surface area contributed by atoms with Crippen LogP contribution in [0.2, 0.25) is 0 Å². The van der Waals surface area contributed by atoms with Crippen molar-refractivity contribution in [2.24, 2.45) is 0 Å². The van der Waals surface area contributed by atoms with Gasteiger partial charge in [-0.2, -0.15) is 0 Å². The summed E-state index contributed by atoms with van der Waals surface area (Å²) in [7, 11) is -3.44. The number of carbonyl (C=O) groups is 1. The normalized spacial score (nSPS) is 11.4. The zero-order valence-corrected chi connectivity index (χ0v) is 15.4. The molecule has 0 saturated carbocycles. The maximum Gasteiger partial charge on any atom is 0.255 e. The van der Waals surface area contributed by atoms with Crippen LogP contribution in [0.3, 0.4) is 0 Å². The maximum atomic E-state index is 12.5. The van der Waals surface area contributed by atoms with E-state index < -0.39 is 15.9 Å². The van der Waals surface area contributed by atoms with E-state index in [-0.39, 0.29) is 17.2 Å². The summed E-state index contributed by atoms with van der Waals surface area (Å²) in [5, 5.41) is 12.6. The largest absolute Gasteiger partial charge is 0.506 e. The van der Waals surface area contributed by atoms with Crippen LogP contribution in [0.4, 0.5) is 11.4 Å². The minimum absolute atomic E-state index is 0.0284. The molecule has 2 rings (SSSR count). The van der Waals surface area contributed by atoms with Crippen LogP contribution in [-0.4, -0.2) is 25.7 Å². The van der Waals surface area contributed by atoms with Gasteiger partial charge in [-0.05, 0) is 48.2 Å². The van der Waals surface area contributed by atoms with Crippen molar-refractivity contribution in [2.75, 3.05) is 16.3 Å². The van der Waals surface area contributed by atoms with Crippen LogP contribution < -0.4 is 10.0 Å². The molecule has 0 aliphatic heterocycles. The number of hydrogen-bond acceptors (Lipinski definition) is 4. The van der Waals surface area contributed by atoms with Crippen LogP contribution in [0.25, 0.3) is 0 Å². The summed E-state index contributed by atoms with van der Waals surface area (Å²) in [5.74, 6) is -0.215. The van der Waals surface area contributed by atoms with Gasteiger partial charge in [-0.1, -0.05) is 26.0 Å². The Morgan fingerprint density at radius 1 is 1.08 bits per heavy atom. The molecule has 0 atom stereocenters. The van der Waals surface area contributed by atoms with E-state index in [1.54, 1.807) is 31.2 Å². The van der Waals surface area contributed by atoms with Crippen LogP contribution in [0.15, 0.2) is 36.4 Å². The van der Waals surface area contributed by atoms with Crippen molar-refractivity contribution in [3.8, 4) is 5.75 Å². The molecule has 0 aliphatic carbocycles. The second kappa shape index (κ2) is 7.14. The quantitative estimate of drug-likeness (QED) is 0.710. The van der Waals surface area contributed by atoms with E-state index in [2.05, 4.69) is 10.0 Å². The number of anilines is 2. The van der Waals surface area contributed by atoms with E-state index in [9.17, 15) is 18.3 Å². The van der Waals surface area contributed by atoms with Gasteiger partial charge < -0.3 is 10.4 Å². The van der Waals surface area contributed by atoms with Crippen molar-refractivity contribution >= 4 is 27.3 Å². The first-order chi connectivity index (χ1) is 11.6. The Balaban J connectivity index is 2.30. The molecule has 0 saturated heterocycles. The molecule has 6 nitrogen and oxygen atoms in total. The fourth-order valence-electron chi connectivity index (χ4n) is 2.28. The Labute approximate surface area is 147 Å². The second-order valence-electron chi connectivity index (χ2n) is 6.29. The van der Waals surface area contributed by atoms with Crippen molar-refractivity contribution < 1.29 is 18.3 Å². The highest BCUT2D eigenvalue weighted by Crippen LogP contribution is 2.28. The van der Waals surface area contributed by atoms with Gasteiger partial charge in [0, 0.05) is 5.56 Å². The topological polar surface area (TPSA) is 95.5 Å². The molecule has 2 aromatic rings. The minimum Gasteiger partial charge on any atom is -0.506 e. The van der Waals surface area contributed by atoms with Crippen molar-refractivity contribution in [1.82, 2.24) is 0 Å². The van der Waals surface area contributed by atoms with Crippen LogP contribution >= 0.6 is 0 Å². The first-order valence-electron chi connectivity index (χ1n) is 7.79. The van der Waals surface area contributed by atoms with Gasteiger partial charge in [-0.3, -0.25) is 9.52 Å². The van der Waals surface area contributed by atoms with Crippen molar-refractivity contribution in [3.63, 3.8) is 0 Å². The van der Waals surface area contributed by atoms with E-state index >= 15 is 0 Å². The van der Waals surface area contributed by atoms with Crippen molar-refractivity contribution in [1.29, 1.82) is 0 Å². The SMILES string of the molecule is Cc1ccc(C(=O)Nc2cc(C(C)C)ccc2O)cc1NS(C)(=O)=O. The maximum absolute atomic E-state index is 12.5. The Hall–Kier alpha value is -2.54. The summed E-state index contributed by atoms with van der Waals surface area (Å²) in [4.78, 5) is 12.5. The number of amides is 1. The van der Waals surface area contributed by atoms with Gasteiger partial charge in [0.1, 0.15) is 5.75 Å². The molecule has 0 heterocycles. The molecule has 0 bridgehead atoms. The number of rotatable bonds is 5. The fraction of sp³-hybridized carbons (Fsp3) is 0.278. The molecule has 0 aliphatic rings. The summed E-state index contributed by atoms with van der Waals surface area (Å²) in [6, 6.07) is 9.79. The molecule has 25 heavy (non-hydrogen) atoms. The lowest BCUT2D eigenvalue weighted by molar-refractivity contribution is 0.102. The number of nitrogens with one attached hydrogen (secondary N) is 2. The number of phenols is 1. The van der Waals surface area contributed by atoms with Gasteiger partial charge in [0.15, 0.2) is 0 Å². The number of benzene rings is 2. The van der Waals surface area contributed by atoms with Gasteiger partial charge in [-0.15, -0.1) is 0 Å². The van der Waals surface area contributed by atoms with Crippen molar-refractivity contribution in [3.05, 3.63) is 53.1 Å². The van der Waals surface area contributed by atoms with E-state index in [1.165, 1.54) is 12.1 Å². The third-order valence-corrected chi connectivity index (χ3v) is 4.32. The molecule has 0 spiro atoms. The number of hydrogen-bond donors (Lipinski definition) is 3. The summed E-state index contributed by atoms with van der Waals surface area (Å²) in [6.07, 6.45) is 1.05. The highest BCUT2D eigenvalue weighted by molar-refractivity contribution is 7.92. The van der Waals surface area contributed by atoms with Gasteiger partial charge >= 0.3 is 0 Å². The van der Waals surface area contributed by atoms with Crippen LogP contribution in [0.1, 0.15) is 41.3 Å². The standard InChI is InChI=1S/C18H22N2O4S/c1-11(2)13-7-8-17(21)16(9-13)19-18(22)14-6-5-12(3)15(10-14)20-25(4,23)24/h5-11,20-21H,1-4H3,(H,19,22). The minimum atomic E-state index is -3.44. The van der Waals surface area contributed by atoms with Gasteiger partial charge in [0.2, 0.25) is 10.0 Å². The summed E-state index contributed by atoms with van der Waals surface area (Å²) < 4.78 is 25.2. The number of aromatic hydroxyl groups is 1. The Morgan fingerprint density at radius 3 is 2.36 bits per heavy atom. The smallest absolute Gasteiger partial charge is 0.255 e. The molecule has 3 N–H and O–H groups in total. The Morgan fingerprint density at radius 2 is 1.76 bits per heavy atom. The lowest BCUT2D eigenvalue weighted by Crippen LogP contribution is -2.15. The molecule has 0 radical (unpaired) electrons. The van der Waals surface area contributed by atoms with E-state index in [0.29, 0.717) is 16.9 Å². The number of phenolic OH excluding ortho intramolecular Hbond substituents is 1. The molecule has 7 heteroatoms. The first kappa shape index (κ1) is 18.8. The highest BCUT2D eigenvalue weighted by Gasteiger charge is 2.13. The van der Waals surface area contributed by atoms with Crippen LogP contribution in [0, 0.1) is 6.92 Å². The van der Waals surface area contributed by atoms with Crippen LogP contribution in [0.5, 0.6) is 5.75 Å². The average Bonchev–Trinajstić information content (AvgIpc) is 2.50. The fourth-order valence-corrected chi connectivity index (χ4v) is 2.90. The lowest BCUT2D eigenvalue weighted by atomic mass is 10.0. The van der Waals surface area contributed by atoms with Crippen molar-refractivity contribution in [2.45, 2.75) is 26.7 Å². The second-order valence-corrected chi connectivity index (χ2v) is 8.04. The number of sulfonamides is 1. The van der Waals surface area contributed by atoms with Gasteiger partial charge in [-0.25, -0.2) is 8.42 Å². The van der Waals surface area contributed by atoms with E-state index in [4.69, 9.17) is 0 Å². The molecule has 134 valence electrons. The summed E-state index contributed by atoms with van der Waals surface area (Å²) >= 11 is 0.